The highest BCUT2D eigenvalue weighted by Gasteiger charge is 2.23. The lowest BCUT2D eigenvalue weighted by Crippen LogP contribution is -2.41. The summed E-state index contributed by atoms with van der Waals surface area (Å²) in [4.78, 5) is 0. The molecule has 1 saturated heterocycles. The van der Waals surface area contributed by atoms with E-state index in [9.17, 15) is 0 Å². The largest absolute Gasteiger partial charge is 0.388 e. The van der Waals surface area contributed by atoms with Crippen LogP contribution < -0.4 is 5.32 Å². The maximum Gasteiger partial charge on any atom is 0.0229 e. The Kier molecular flexibility index (Phi) is 1.28. The van der Waals surface area contributed by atoms with E-state index in [1.807, 2.05) is 0 Å². The summed E-state index contributed by atoms with van der Waals surface area (Å²) in [5, 5.41) is 3.15. The van der Waals surface area contributed by atoms with Gasteiger partial charge in [-0.15, -0.1) is 0 Å². The van der Waals surface area contributed by atoms with Crippen LogP contribution in [0.15, 0.2) is 12.3 Å². The third kappa shape index (κ3) is 0.726. The monoisotopic (exact) mass is 111 g/mol. The summed E-state index contributed by atoms with van der Waals surface area (Å²) < 4.78 is 0. The molecular weight excluding hydrogens is 98.1 g/mol. The lowest BCUT2D eigenvalue weighted by Gasteiger charge is -2.34. The van der Waals surface area contributed by atoms with Crippen LogP contribution in [0.4, 0.5) is 0 Å². The van der Waals surface area contributed by atoms with E-state index in [0.29, 0.717) is 0 Å². The van der Waals surface area contributed by atoms with Crippen molar-refractivity contribution in [3.63, 3.8) is 0 Å². The van der Waals surface area contributed by atoms with Gasteiger partial charge in [-0.2, -0.15) is 0 Å². The summed E-state index contributed by atoms with van der Waals surface area (Å²) in [6.45, 7) is 9.45. The standard InChI is InChI=1S/C7H13N/c1-5(2)7-4-8-6(7)3/h5,7-8H,3-4H2,1-2H3. The number of nitrogens with one attached hydrogen (secondary N) is 1. The summed E-state index contributed by atoms with van der Waals surface area (Å²) in [5.41, 5.74) is 1.22. The summed E-state index contributed by atoms with van der Waals surface area (Å²) >= 11 is 0. The zero-order chi connectivity index (χ0) is 6.15. The van der Waals surface area contributed by atoms with Crippen LogP contribution in [0.3, 0.4) is 0 Å². The first-order chi connectivity index (χ1) is 3.72. The third-order valence-corrected chi connectivity index (χ3v) is 1.80. The van der Waals surface area contributed by atoms with Gasteiger partial charge in [-0.3, -0.25) is 0 Å². The Morgan fingerprint density at radius 1 is 1.75 bits per heavy atom. The Morgan fingerprint density at radius 3 is 2.38 bits per heavy atom. The molecule has 0 aromatic heterocycles. The van der Waals surface area contributed by atoms with Crippen molar-refractivity contribution in [2.75, 3.05) is 6.54 Å². The van der Waals surface area contributed by atoms with Gasteiger partial charge >= 0.3 is 0 Å². The van der Waals surface area contributed by atoms with E-state index in [4.69, 9.17) is 0 Å². The Hall–Kier alpha value is -0.460. The van der Waals surface area contributed by atoms with Crippen molar-refractivity contribution in [1.82, 2.24) is 5.32 Å². The summed E-state index contributed by atoms with van der Waals surface area (Å²) in [7, 11) is 0. The molecule has 0 aliphatic carbocycles. The first-order valence-electron chi connectivity index (χ1n) is 3.14. The Morgan fingerprint density at radius 2 is 2.38 bits per heavy atom. The zero-order valence-electron chi connectivity index (χ0n) is 5.57. The predicted molar refractivity (Wildman–Crippen MR) is 35.5 cm³/mol. The Labute approximate surface area is 50.8 Å². The molecule has 1 fully saturated rings. The molecule has 0 radical (unpaired) electrons. The zero-order valence-corrected chi connectivity index (χ0v) is 5.57. The summed E-state index contributed by atoms with van der Waals surface area (Å²) in [5.74, 6) is 1.51. The second-order valence-corrected chi connectivity index (χ2v) is 2.76. The van der Waals surface area contributed by atoms with Crippen LogP contribution >= 0.6 is 0 Å². The lowest BCUT2D eigenvalue weighted by molar-refractivity contribution is 0.335. The summed E-state index contributed by atoms with van der Waals surface area (Å²) in [6, 6.07) is 0. The second kappa shape index (κ2) is 1.81. The van der Waals surface area contributed by atoms with Crippen LogP contribution in [0.25, 0.3) is 0 Å². The van der Waals surface area contributed by atoms with E-state index in [2.05, 4.69) is 25.7 Å². The first-order valence-corrected chi connectivity index (χ1v) is 3.14. The molecule has 0 saturated carbocycles. The van der Waals surface area contributed by atoms with Gasteiger partial charge in [0, 0.05) is 18.2 Å². The van der Waals surface area contributed by atoms with Crippen molar-refractivity contribution in [3.8, 4) is 0 Å². The Bertz CT molecular complexity index is 105. The molecule has 8 heavy (non-hydrogen) atoms. The fraction of sp³-hybridized carbons (Fsp3) is 0.714. The molecule has 1 unspecified atom stereocenters. The van der Waals surface area contributed by atoms with Gasteiger partial charge in [0.15, 0.2) is 0 Å². The van der Waals surface area contributed by atoms with Crippen LogP contribution in [-0.4, -0.2) is 6.54 Å². The van der Waals surface area contributed by atoms with Crippen molar-refractivity contribution in [1.29, 1.82) is 0 Å². The van der Waals surface area contributed by atoms with Crippen LogP contribution in [0, 0.1) is 11.8 Å². The highest BCUT2D eigenvalue weighted by atomic mass is 15.0. The molecule has 1 rings (SSSR count). The van der Waals surface area contributed by atoms with Gasteiger partial charge in [0.1, 0.15) is 0 Å². The fourth-order valence-electron chi connectivity index (χ4n) is 1.00. The normalized spacial score (nSPS) is 27.4. The molecule has 0 bridgehead atoms. The number of hydrogen-bond acceptors (Lipinski definition) is 1. The number of hydrogen-bond donors (Lipinski definition) is 1. The Balaban J connectivity index is 2.37. The summed E-state index contributed by atoms with van der Waals surface area (Å²) in [6.07, 6.45) is 0. The quantitative estimate of drug-likeness (QED) is 0.539. The molecule has 1 aliphatic heterocycles. The van der Waals surface area contributed by atoms with E-state index in [-0.39, 0.29) is 0 Å². The van der Waals surface area contributed by atoms with Crippen LogP contribution in [0.2, 0.25) is 0 Å². The van der Waals surface area contributed by atoms with E-state index < -0.39 is 0 Å². The van der Waals surface area contributed by atoms with E-state index in [0.717, 1.165) is 18.4 Å². The van der Waals surface area contributed by atoms with E-state index in [1.165, 1.54) is 5.70 Å². The SMILES string of the molecule is C=C1NCC1C(C)C. The maximum atomic E-state index is 3.85. The molecule has 1 atom stereocenters. The lowest BCUT2D eigenvalue weighted by atomic mass is 9.87. The minimum atomic E-state index is 0.745. The molecule has 0 amide bonds. The van der Waals surface area contributed by atoms with Crippen molar-refractivity contribution >= 4 is 0 Å². The van der Waals surface area contributed by atoms with E-state index >= 15 is 0 Å². The molecule has 1 heteroatoms. The molecule has 0 aromatic rings. The van der Waals surface area contributed by atoms with Gasteiger partial charge in [0.2, 0.25) is 0 Å². The van der Waals surface area contributed by atoms with Crippen LogP contribution in [0.5, 0.6) is 0 Å². The molecule has 1 N–H and O–H groups in total. The minimum absolute atomic E-state index is 0.745. The van der Waals surface area contributed by atoms with Crippen molar-refractivity contribution in [2.24, 2.45) is 11.8 Å². The topological polar surface area (TPSA) is 12.0 Å². The first kappa shape index (κ1) is 5.67. The van der Waals surface area contributed by atoms with Gasteiger partial charge in [-0.25, -0.2) is 0 Å². The smallest absolute Gasteiger partial charge is 0.0229 e. The average Bonchev–Trinajstić information content (AvgIpc) is 1.61. The van der Waals surface area contributed by atoms with Crippen LogP contribution in [0.1, 0.15) is 13.8 Å². The maximum absolute atomic E-state index is 3.85. The molecule has 1 heterocycles. The predicted octanol–water partition coefficient (Wildman–Crippen LogP) is 1.38. The highest BCUT2D eigenvalue weighted by molar-refractivity contribution is 5.09. The van der Waals surface area contributed by atoms with Crippen molar-refractivity contribution in [2.45, 2.75) is 13.8 Å². The fourth-order valence-corrected chi connectivity index (χ4v) is 1.00. The molecule has 0 spiro atoms. The average molecular weight is 111 g/mol. The van der Waals surface area contributed by atoms with Gasteiger partial charge in [-0.05, 0) is 5.92 Å². The molecular formula is C7H13N. The van der Waals surface area contributed by atoms with Crippen molar-refractivity contribution in [3.05, 3.63) is 12.3 Å². The van der Waals surface area contributed by atoms with Gasteiger partial charge in [0.25, 0.3) is 0 Å². The van der Waals surface area contributed by atoms with Gasteiger partial charge in [-0.1, -0.05) is 20.4 Å². The minimum Gasteiger partial charge on any atom is -0.388 e. The molecule has 0 aromatic carbocycles. The second-order valence-electron chi connectivity index (χ2n) is 2.76. The van der Waals surface area contributed by atoms with E-state index in [1.54, 1.807) is 0 Å². The molecule has 46 valence electrons. The van der Waals surface area contributed by atoms with Gasteiger partial charge < -0.3 is 5.32 Å². The number of rotatable bonds is 1. The van der Waals surface area contributed by atoms with Crippen molar-refractivity contribution < 1.29 is 0 Å². The van der Waals surface area contributed by atoms with Gasteiger partial charge in [0.05, 0.1) is 0 Å². The van der Waals surface area contributed by atoms with Crippen LogP contribution in [-0.2, 0) is 0 Å². The molecule has 1 nitrogen and oxygen atoms in total. The third-order valence-electron chi connectivity index (χ3n) is 1.80. The molecule has 1 aliphatic rings. The highest BCUT2D eigenvalue weighted by Crippen LogP contribution is 2.23.